The molecular formula is C29H30N4O3. The van der Waals surface area contributed by atoms with Crippen LogP contribution in [0, 0.1) is 5.92 Å². The number of amides is 2. The van der Waals surface area contributed by atoms with Gasteiger partial charge in [-0.2, -0.15) is 0 Å². The van der Waals surface area contributed by atoms with Crippen molar-refractivity contribution in [3.05, 3.63) is 84.7 Å². The Morgan fingerprint density at radius 2 is 1.64 bits per heavy atom. The molecule has 1 aliphatic heterocycles. The predicted octanol–water partition coefficient (Wildman–Crippen LogP) is 4.84. The van der Waals surface area contributed by atoms with Crippen LogP contribution in [-0.2, 0) is 16.0 Å². The predicted molar refractivity (Wildman–Crippen MR) is 140 cm³/mol. The van der Waals surface area contributed by atoms with Crippen LogP contribution in [0.1, 0.15) is 25.1 Å². The molecule has 0 saturated carbocycles. The number of piperidine rings is 1. The Morgan fingerprint density at radius 3 is 2.42 bits per heavy atom. The third-order valence-electron chi connectivity index (χ3n) is 6.79. The number of ether oxygens (including phenoxy) is 1. The van der Waals surface area contributed by atoms with E-state index in [0.717, 1.165) is 22.5 Å². The van der Waals surface area contributed by atoms with Crippen LogP contribution in [0.3, 0.4) is 0 Å². The molecule has 0 aliphatic carbocycles. The third kappa shape index (κ3) is 4.96. The van der Waals surface area contributed by atoms with Crippen LogP contribution in [0.5, 0.6) is 5.75 Å². The average molecular weight is 483 g/mol. The summed E-state index contributed by atoms with van der Waals surface area (Å²) >= 11 is 0. The molecule has 2 heterocycles. The number of nitrogens with one attached hydrogen (secondary N) is 1. The van der Waals surface area contributed by atoms with Crippen molar-refractivity contribution >= 4 is 28.5 Å². The number of carbonyl (C=O) groups is 2. The number of fused-ring (bicyclic) bond motifs is 1. The maximum atomic E-state index is 13.1. The highest BCUT2D eigenvalue weighted by atomic mass is 16.5. The molecule has 184 valence electrons. The molecule has 7 heteroatoms. The molecule has 1 fully saturated rings. The highest BCUT2D eigenvalue weighted by molar-refractivity contribution is 5.94. The maximum absolute atomic E-state index is 13.1. The Balaban J connectivity index is 1.20. The number of benzene rings is 3. The van der Waals surface area contributed by atoms with Gasteiger partial charge in [0.05, 0.1) is 23.8 Å². The zero-order valence-corrected chi connectivity index (χ0v) is 20.4. The highest BCUT2D eigenvalue weighted by Crippen LogP contribution is 2.27. The normalized spacial score (nSPS) is 14.1. The number of hydrogen-bond acceptors (Lipinski definition) is 4. The minimum absolute atomic E-state index is 0.0248. The molecule has 2 amide bonds. The lowest BCUT2D eigenvalue weighted by Crippen LogP contribution is -2.41. The maximum Gasteiger partial charge on any atom is 0.227 e. The fourth-order valence-corrected chi connectivity index (χ4v) is 4.86. The minimum atomic E-state index is -0.124. The van der Waals surface area contributed by atoms with Gasteiger partial charge in [-0.05, 0) is 49.2 Å². The van der Waals surface area contributed by atoms with Gasteiger partial charge in [0.1, 0.15) is 11.6 Å². The summed E-state index contributed by atoms with van der Waals surface area (Å²) in [5, 5.41) is 2.98. The number of nitrogens with zero attached hydrogens (tertiary/aromatic N) is 3. The summed E-state index contributed by atoms with van der Waals surface area (Å²) in [7, 11) is 1.59. The number of aromatic nitrogens is 2. The van der Waals surface area contributed by atoms with Gasteiger partial charge in [-0.15, -0.1) is 0 Å². The number of carbonyl (C=O) groups excluding carboxylic acids is 2. The van der Waals surface area contributed by atoms with E-state index in [2.05, 4.69) is 28.1 Å². The van der Waals surface area contributed by atoms with Gasteiger partial charge in [-0.1, -0.05) is 42.5 Å². The summed E-state index contributed by atoms with van der Waals surface area (Å²) < 4.78 is 7.46. The second kappa shape index (κ2) is 10.6. The largest absolute Gasteiger partial charge is 0.495 e. The van der Waals surface area contributed by atoms with Gasteiger partial charge in [0, 0.05) is 37.5 Å². The number of methoxy groups -OCH3 is 1. The van der Waals surface area contributed by atoms with Crippen LogP contribution in [0.15, 0.2) is 78.9 Å². The molecule has 0 atom stereocenters. The molecule has 1 N–H and O–H groups in total. The minimum Gasteiger partial charge on any atom is -0.495 e. The van der Waals surface area contributed by atoms with Crippen LogP contribution in [0.2, 0.25) is 0 Å². The van der Waals surface area contributed by atoms with Gasteiger partial charge >= 0.3 is 0 Å². The van der Waals surface area contributed by atoms with Crippen molar-refractivity contribution in [3.63, 3.8) is 0 Å². The van der Waals surface area contributed by atoms with E-state index in [-0.39, 0.29) is 17.7 Å². The molecule has 1 aromatic heterocycles. The van der Waals surface area contributed by atoms with E-state index in [1.165, 1.54) is 0 Å². The molecule has 3 aromatic carbocycles. The van der Waals surface area contributed by atoms with Gasteiger partial charge in [0.2, 0.25) is 11.8 Å². The van der Waals surface area contributed by atoms with Gasteiger partial charge in [0.15, 0.2) is 0 Å². The highest BCUT2D eigenvalue weighted by Gasteiger charge is 2.28. The lowest BCUT2D eigenvalue weighted by atomic mass is 9.95. The van der Waals surface area contributed by atoms with E-state index < -0.39 is 0 Å². The molecule has 36 heavy (non-hydrogen) atoms. The van der Waals surface area contributed by atoms with Crippen LogP contribution >= 0.6 is 0 Å². The summed E-state index contributed by atoms with van der Waals surface area (Å²) in [6, 6.07) is 25.6. The van der Waals surface area contributed by atoms with E-state index in [4.69, 9.17) is 9.72 Å². The number of imidazole rings is 1. The molecular weight excluding hydrogens is 452 g/mol. The second-order valence-corrected chi connectivity index (χ2v) is 9.03. The topological polar surface area (TPSA) is 76.5 Å². The van der Waals surface area contributed by atoms with Crippen molar-refractivity contribution in [1.82, 2.24) is 14.5 Å². The molecule has 0 bridgehead atoms. The monoisotopic (exact) mass is 482 g/mol. The first-order chi connectivity index (χ1) is 17.6. The van der Waals surface area contributed by atoms with E-state index in [9.17, 15) is 9.59 Å². The molecule has 4 aromatic rings. The lowest BCUT2D eigenvalue weighted by Gasteiger charge is -2.31. The number of para-hydroxylation sites is 5. The molecule has 5 rings (SSSR count). The van der Waals surface area contributed by atoms with E-state index in [1.54, 1.807) is 7.11 Å². The third-order valence-corrected chi connectivity index (χ3v) is 6.79. The smallest absolute Gasteiger partial charge is 0.227 e. The van der Waals surface area contributed by atoms with Crippen molar-refractivity contribution in [2.24, 2.45) is 5.92 Å². The number of rotatable bonds is 7. The van der Waals surface area contributed by atoms with E-state index in [0.29, 0.717) is 50.2 Å². The Hall–Kier alpha value is -4.13. The first-order valence-corrected chi connectivity index (χ1v) is 12.4. The first kappa shape index (κ1) is 23.6. The zero-order chi connectivity index (χ0) is 24.9. The standard InChI is InChI=1S/C29H30N4O3/c1-36-26-14-8-6-12-24(26)31-29(35)21-17-19-32(20-18-21)28(34)16-15-27-30-23-11-5-7-13-25(23)33(27)22-9-3-2-4-10-22/h2-14,21H,15-20H2,1H3,(H,31,35). The van der Waals surface area contributed by atoms with Crippen molar-refractivity contribution in [1.29, 1.82) is 0 Å². The number of hydrogen-bond donors (Lipinski definition) is 1. The summed E-state index contributed by atoms with van der Waals surface area (Å²) in [4.78, 5) is 32.6. The van der Waals surface area contributed by atoms with Crippen molar-refractivity contribution < 1.29 is 14.3 Å². The second-order valence-electron chi connectivity index (χ2n) is 9.03. The van der Waals surface area contributed by atoms with E-state index in [1.807, 2.05) is 65.6 Å². The number of aryl methyl sites for hydroxylation is 1. The van der Waals surface area contributed by atoms with Crippen LogP contribution in [0.25, 0.3) is 16.7 Å². The molecule has 7 nitrogen and oxygen atoms in total. The average Bonchev–Trinajstić information content (AvgIpc) is 3.31. The van der Waals surface area contributed by atoms with Crippen molar-refractivity contribution in [3.8, 4) is 11.4 Å². The first-order valence-electron chi connectivity index (χ1n) is 12.4. The summed E-state index contributed by atoms with van der Waals surface area (Å²) in [5.41, 5.74) is 3.67. The molecule has 0 radical (unpaired) electrons. The van der Waals surface area contributed by atoms with Gasteiger partial charge < -0.3 is 15.0 Å². The molecule has 1 aliphatic rings. The van der Waals surface area contributed by atoms with Gasteiger partial charge in [0.25, 0.3) is 0 Å². The van der Waals surface area contributed by atoms with Gasteiger partial charge in [-0.3, -0.25) is 14.2 Å². The Kier molecular flexibility index (Phi) is 6.98. The SMILES string of the molecule is COc1ccccc1NC(=O)C1CCN(C(=O)CCc2nc3ccccc3n2-c2ccccc2)CC1. The summed E-state index contributed by atoms with van der Waals surface area (Å²) in [6.45, 7) is 1.16. The number of anilines is 1. The lowest BCUT2D eigenvalue weighted by molar-refractivity contribution is -0.134. The quantitative estimate of drug-likeness (QED) is 0.409. The summed E-state index contributed by atoms with van der Waals surface area (Å²) in [5.74, 6) is 1.47. The Bertz CT molecular complexity index is 1360. The Morgan fingerprint density at radius 1 is 0.944 bits per heavy atom. The van der Waals surface area contributed by atoms with Crippen LogP contribution < -0.4 is 10.1 Å². The molecule has 1 saturated heterocycles. The molecule has 0 spiro atoms. The van der Waals surface area contributed by atoms with Crippen LogP contribution in [-0.4, -0.2) is 46.5 Å². The van der Waals surface area contributed by atoms with Crippen molar-refractivity contribution in [2.75, 3.05) is 25.5 Å². The summed E-state index contributed by atoms with van der Waals surface area (Å²) in [6.07, 6.45) is 2.23. The van der Waals surface area contributed by atoms with Crippen molar-refractivity contribution in [2.45, 2.75) is 25.7 Å². The van der Waals surface area contributed by atoms with Gasteiger partial charge in [-0.25, -0.2) is 4.98 Å². The van der Waals surface area contributed by atoms with E-state index >= 15 is 0 Å². The fourth-order valence-electron chi connectivity index (χ4n) is 4.86. The fraction of sp³-hybridized carbons (Fsp3) is 0.276. The number of likely N-dealkylation sites (tertiary alicyclic amines) is 1. The van der Waals surface area contributed by atoms with Crippen LogP contribution in [0.4, 0.5) is 5.69 Å². The zero-order valence-electron chi connectivity index (χ0n) is 20.4. The Labute approximate surface area is 210 Å². The molecule has 0 unspecified atom stereocenters.